The molecule has 5 rings (SSSR count). The number of halogens is 2. The summed E-state index contributed by atoms with van der Waals surface area (Å²) in [7, 11) is 0. The van der Waals surface area contributed by atoms with Gasteiger partial charge in [0.1, 0.15) is 5.60 Å². The molecule has 0 N–H and O–H groups in total. The molecule has 3 saturated heterocycles. The fourth-order valence-corrected chi connectivity index (χ4v) is 8.25. The van der Waals surface area contributed by atoms with Gasteiger partial charge in [-0.25, -0.2) is 4.79 Å². The van der Waals surface area contributed by atoms with Crippen LogP contribution in [0, 0.1) is 17.8 Å². The zero-order chi connectivity index (χ0) is 30.0. The molecule has 4 aliphatic rings. The molecule has 3 aliphatic heterocycles. The van der Waals surface area contributed by atoms with E-state index in [4.69, 9.17) is 16.3 Å². The highest BCUT2D eigenvalue weighted by atomic mass is 79.9. The molecule has 1 aliphatic carbocycles. The third-order valence-electron chi connectivity index (χ3n) is 10.0. The van der Waals surface area contributed by atoms with Crippen molar-refractivity contribution in [2.45, 2.75) is 97.1 Å². The first-order valence-corrected chi connectivity index (χ1v) is 17.3. The molecule has 2 amide bonds. The Kier molecular flexibility index (Phi) is 10.3. The SMILES string of the molecule is CC1=CC(N2CCC(C3CCN(C(=O)CC4CCN(C(=O)OC(C)(C)C)CC4)CC3)CC2)c2ccc(Cl)c(Br)c2CC1. The first kappa shape index (κ1) is 31.8. The van der Waals surface area contributed by atoms with Crippen LogP contribution in [0.25, 0.3) is 0 Å². The van der Waals surface area contributed by atoms with Gasteiger partial charge in [0.05, 0.1) is 11.1 Å². The molecular formula is C34H49BrClN3O3. The van der Waals surface area contributed by atoms with Crippen LogP contribution < -0.4 is 0 Å². The third kappa shape index (κ3) is 7.74. The van der Waals surface area contributed by atoms with E-state index < -0.39 is 5.60 Å². The number of hydrogen-bond acceptors (Lipinski definition) is 4. The number of likely N-dealkylation sites (tertiary alicyclic amines) is 3. The van der Waals surface area contributed by atoms with E-state index in [-0.39, 0.29) is 6.09 Å². The minimum Gasteiger partial charge on any atom is -0.444 e. The zero-order valence-electron chi connectivity index (χ0n) is 26.0. The summed E-state index contributed by atoms with van der Waals surface area (Å²) in [4.78, 5) is 32.1. The molecule has 1 unspecified atom stereocenters. The van der Waals surface area contributed by atoms with E-state index in [1.807, 2.05) is 26.8 Å². The highest BCUT2D eigenvalue weighted by Gasteiger charge is 2.35. The van der Waals surface area contributed by atoms with Crippen LogP contribution in [0.15, 0.2) is 28.3 Å². The van der Waals surface area contributed by atoms with Gasteiger partial charge in [-0.15, -0.1) is 0 Å². The van der Waals surface area contributed by atoms with E-state index in [2.05, 4.69) is 44.8 Å². The lowest BCUT2D eigenvalue weighted by molar-refractivity contribution is -0.134. The number of ether oxygens (including phenoxy) is 1. The topological polar surface area (TPSA) is 53.1 Å². The Hall–Kier alpha value is -1.57. The number of carbonyl (C=O) groups is 2. The largest absolute Gasteiger partial charge is 0.444 e. The highest BCUT2D eigenvalue weighted by Crippen LogP contribution is 2.41. The lowest BCUT2D eigenvalue weighted by Gasteiger charge is -2.42. The summed E-state index contributed by atoms with van der Waals surface area (Å²) in [6.45, 7) is 13.4. The van der Waals surface area contributed by atoms with Gasteiger partial charge in [0.2, 0.25) is 5.91 Å². The second kappa shape index (κ2) is 13.6. The first-order chi connectivity index (χ1) is 20.0. The van der Waals surface area contributed by atoms with Crippen LogP contribution in [-0.2, 0) is 16.0 Å². The molecule has 232 valence electrons. The molecule has 3 heterocycles. The van der Waals surface area contributed by atoms with Crippen molar-refractivity contribution in [2.75, 3.05) is 39.3 Å². The van der Waals surface area contributed by atoms with Crippen molar-refractivity contribution < 1.29 is 14.3 Å². The van der Waals surface area contributed by atoms with Gasteiger partial charge < -0.3 is 14.5 Å². The summed E-state index contributed by atoms with van der Waals surface area (Å²) in [5.41, 5.74) is 3.77. The van der Waals surface area contributed by atoms with Crippen molar-refractivity contribution in [1.29, 1.82) is 0 Å². The normalized spacial score (nSPS) is 23.8. The Morgan fingerprint density at radius 1 is 0.905 bits per heavy atom. The average molecular weight is 663 g/mol. The Bertz CT molecular complexity index is 1160. The second-order valence-corrected chi connectivity index (χ2v) is 15.3. The smallest absolute Gasteiger partial charge is 0.410 e. The first-order valence-electron chi connectivity index (χ1n) is 16.1. The molecule has 6 nitrogen and oxygen atoms in total. The van der Waals surface area contributed by atoms with Gasteiger partial charge in [0.15, 0.2) is 0 Å². The van der Waals surface area contributed by atoms with Gasteiger partial charge in [-0.05, 0) is 143 Å². The van der Waals surface area contributed by atoms with Gasteiger partial charge in [-0.1, -0.05) is 29.3 Å². The van der Waals surface area contributed by atoms with Gasteiger partial charge in [-0.2, -0.15) is 0 Å². The Balaban J connectivity index is 1.07. The number of piperidine rings is 3. The van der Waals surface area contributed by atoms with Crippen LogP contribution >= 0.6 is 27.5 Å². The Labute approximate surface area is 266 Å². The average Bonchev–Trinajstić information content (AvgIpc) is 3.13. The van der Waals surface area contributed by atoms with Crippen LogP contribution in [-0.4, -0.2) is 71.6 Å². The fourth-order valence-electron chi connectivity index (χ4n) is 7.52. The number of fused-ring (bicyclic) bond motifs is 1. The summed E-state index contributed by atoms with van der Waals surface area (Å²) in [6.07, 6.45) is 11.5. The second-order valence-electron chi connectivity index (χ2n) is 14.1. The molecule has 1 atom stereocenters. The standard InChI is InChI=1S/C34H49BrClN3O3/c1-23-5-6-28-27(7-8-29(36)32(28)35)30(21-23)37-17-11-25(12-18-37)26-13-19-38(20-14-26)31(40)22-24-9-15-39(16-10-24)33(41)42-34(2,3)4/h7-8,21,24-26,30H,5-6,9-20,22H2,1-4H3. The maximum absolute atomic E-state index is 13.2. The summed E-state index contributed by atoms with van der Waals surface area (Å²) in [5.74, 6) is 2.14. The van der Waals surface area contributed by atoms with Crippen molar-refractivity contribution >= 4 is 39.5 Å². The number of rotatable bonds is 4. The van der Waals surface area contributed by atoms with Gasteiger partial charge >= 0.3 is 6.09 Å². The molecule has 0 spiro atoms. The molecule has 1 aromatic carbocycles. The number of benzene rings is 1. The number of nitrogens with zero attached hydrogens (tertiary/aromatic N) is 3. The minimum absolute atomic E-state index is 0.233. The lowest BCUT2D eigenvalue weighted by Crippen LogP contribution is -2.45. The number of carbonyl (C=O) groups excluding carboxylic acids is 2. The molecule has 0 saturated carbocycles. The predicted molar refractivity (Wildman–Crippen MR) is 173 cm³/mol. The molecule has 0 bridgehead atoms. The number of amides is 2. The van der Waals surface area contributed by atoms with E-state index in [0.29, 0.717) is 37.4 Å². The summed E-state index contributed by atoms with van der Waals surface area (Å²) < 4.78 is 6.58. The van der Waals surface area contributed by atoms with Crippen LogP contribution in [0.3, 0.4) is 0 Å². The maximum Gasteiger partial charge on any atom is 0.410 e. The Morgan fingerprint density at radius 3 is 2.12 bits per heavy atom. The minimum atomic E-state index is -0.475. The molecular weight excluding hydrogens is 614 g/mol. The van der Waals surface area contributed by atoms with Crippen LogP contribution in [0.1, 0.15) is 96.2 Å². The summed E-state index contributed by atoms with van der Waals surface area (Å²) in [6, 6.07) is 4.61. The Morgan fingerprint density at radius 2 is 1.50 bits per heavy atom. The van der Waals surface area contributed by atoms with Crippen molar-refractivity contribution in [3.63, 3.8) is 0 Å². The molecule has 0 radical (unpaired) electrons. The van der Waals surface area contributed by atoms with Gasteiger partial charge in [-0.3, -0.25) is 9.69 Å². The predicted octanol–water partition coefficient (Wildman–Crippen LogP) is 8.02. The van der Waals surface area contributed by atoms with Crippen molar-refractivity contribution in [1.82, 2.24) is 14.7 Å². The van der Waals surface area contributed by atoms with E-state index in [9.17, 15) is 9.59 Å². The quantitative estimate of drug-likeness (QED) is 0.307. The molecule has 42 heavy (non-hydrogen) atoms. The summed E-state index contributed by atoms with van der Waals surface area (Å²) in [5, 5.41) is 0.805. The summed E-state index contributed by atoms with van der Waals surface area (Å²) >= 11 is 10.2. The van der Waals surface area contributed by atoms with E-state index in [1.165, 1.54) is 29.5 Å². The van der Waals surface area contributed by atoms with Crippen LogP contribution in [0.5, 0.6) is 0 Å². The number of allylic oxidation sites excluding steroid dienone is 1. The molecule has 3 fully saturated rings. The van der Waals surface area contributed by atoms with Crippen molar-refractivity contribution in [3.05, 3.63) is 44.4 Å². The van der Waals surface area contributed by atoms with Gasteiger partial charge in [0.25, 0.3) is 0 Å². The zero-order valence-corrected chi connectivity index (χ0v) is 28.3. The van der Waals surface area contributed by atoms with Crippen LogP contribution in [0.2, 0.25) is 5.02 Å². The van der Waals surface area contributed by atoms with Gasteiger partial charge in [0, 0.05) is 37.1 Å². The molecule has 1 aromatic rings. The molecule has 0 aromatic heterocycles. The molecule has 8 heteroatoms. The third-order valence-corrected chi connectivity index (χ3v) is 11.5. The van der Waals surface area contributed by atoms with E-state index in [1.54, 1.807) is 4.90 Å². The van der Waals surface area contributed by atoms with E-state index in [0.717, 1.165) is 86.0 Å². The fraction of sp³-hybridized carbons (Fsp3) is 0.706. The van der Waals surface area contributed by atoms with Crippen molar-refractivity contribution in [2.24, 2.45) is 17.8 Å². The number of hydrogen-bond donors (Lipinski definition) is 0. The van der Waals surface area contributed by atoms with E-state index >= 15 is 0 Å². The lowest BCUT2D eigenvalue weighted by atomic mass is 9.78. The maximum atomic E-state index is 13.2. The van der Waals surface area contributed by atoms with Crippen LogP contribution in [0.4, 0.5) is 4.79 Å². The highest BCUT2D eigenvalue weighted by molar-refractivity contribution is 9.10. The van der Waals surface area contributed by atoms with Crippen molar-refractivity contribution in [3.8, 4) is 0 Å². The monoisotopic (exact) mass is 661 g/mol.